The average molecular weight is 519 g/mol. The smallest absolute Gasteiger partial charge is 0.251 e. The first-order valence-corrected chi connectivity index (χ1v) is 13.1. The number of hydrogen-bond acceptors (Lipinski definition) is 6. The van der Waals surface area contributed by atoms with Crippen LogP contribution in [-0.2, 0) is 5.60 Å². The van der Waals surface area contributed by atoms with Gasteiger partial charge in [-0.25, -0.2) is 9.37 Å². The van der Waals surface area contributed by atoms with E-state index in [1.807, 2.05) is 6.07 Å². The van der Waals surface area contributed by atoms with Gasteiger partial charge in [0.15, 0.2) is 11.5 Å². The molecule has 0 bridgehead atoms. The first-order valence-electron chi connectivity index (χ1n) is 13.1. The summed E-state index contributed by atoms with van der Waals surface area (Å²) in [6.45, 7) is 2.57. The Bertz CT molecular complexity index is 1370. The van der Waals surface area contributed by atoms with Gasteiger partial charge in [-0.3, -0.25) is 4.79 Å². The quantitative estimate of drug-likeness (QED) is 0.416. The molecular weight excluding hydrogens is 487 g/mol. The average Bonchev–Trinajstić information content (AvgIpc) is 3.86. The van der Waals surface area contributed by atoms with Crippen molar-refractivity contribution < 1.29 is 28.5 Å². The molecule has 1 aromatic heterocycles. The van der Waals surface area contributed by atoms with Crippen LogP contribution in [0.5, 0.6) is 17.2 Å². The minimum atomic E-state index is -1.36. The number of ether oxygens (including phenoxy) is 3. The molecule has 2 fully saturated rings. The van der Waals surface area contributed by atoms with Crippen LogP contribution in [0.4, 0.5) is 4.39 Å². The zero-order chi connectivity index (χ0) is 26.4. The van der Waals surface area contributed by atoms with E-state index in [-0.39, 0.29) is 36.2 Å². The molecule has 2 saturated carbocycles. The number of carbonyl (C=O) groups is 1. The van der Waals surface area contributed by atoms with Crippen LogP contribution < -0.4 is 19.5 Å². The molecule has 198 valence electrons. The second-order valence-electron chi connectivity index (χ2n) is 10.6. The Morgan fingerprint density at radius 1 is 1.13 bits per heavy atom. The van der Waals surface area contributed by atoms with Crippen LogP contribution in [0.3, 0.4) is 0 Å². The number of methoxy groups -OCH3 is 1. The van der Waals surface area contributed by atoms with Gasteiger partial charge in [0, 0.05) is 22.6 Å². The molecule has 3 aliphatic rings. The maximum atomic E-state index is 13.6. The summed E-state index contributed by atoms with van der Waals surface area (Å²) in [6.07, 6.45) is 3.93. The van der Waals surface area contributed by atoms with Crippen molar-refractivity contribution in [3.8, 4) is 28.5 Å². The number of nitrogens with zero attached hydrogens (tertiary/aromatic N) is 1. The molecule has 2 atom stereocenters. The highest BCUT2D eigenvalue weighted by molar-refractivity contribution is 5.95. The first kappa shape index (κ1) is 24.7. The molecule has 38 heavy (non-hydrogen) atoms. The van der Waals surface area contributed by atoms with Gasteiger partial charge in [-0.2, -0.15) is 0 Å². The third-order valence-electron chi connectivity index (χ3n) is 7.59. The number of hydrogen-bond donors (Lipinski definition) is 2. The molecule has 8 heteroatoms. The lowest BCUT2D eigenvalue weighted by atomic mass is 9.89. The molecule has 1 amide bonds. The molecule has 2 aromatic carbocycles. The standard InChI is InChI=1S/C30H31FN2O5/c1-17-15-37-28-23(17)14-26(33-27(28)18-3-8-21(31)9-4-18)30(35,20-6-7-20)16-32-29(34)19-5-12-24(25(13-19)36-2)38-22-10-11-22/h3-5,8-9,12-14,17,20,22,35H,6-7,10-11,15-16H2,1-2H3,(H,32,34)/t17-,30?/m1/s1. The molecule has 1 unspecified atom stereocenters. The van der Waals surface area contributed by atoms with Crippen LogP contribution in [0.15, 0.2) is 48.5 Å². The van der Waals surface area contributed by atoms with Crippen molar-refractivity contribution in [3.05, 3.63) is 71.2 Å². The Morgan fingerprint density at radius 3 is 2.58 bits per heavy atom. The maximum Gasteiger partial charge on any atom is 0.251 e. The molecule has 0 spiro atoms. The second-order valence-corrected chi connectivity index (χ2v) is 10.6. The number of aliphatic hydroxyl groups is 1. The number of fused-ring (bicyclic) bond motifs is 1. The Morgan fingerprint density at radius 2 is 1.89 bits per heavy atom. The van der Waals surface area contributed by atoms with E-state index >= 15 is 0 Å². The summed E-state index contributed by atoms with van der Waals surface area (Å²) in [4.78, 5) is 18.0. The van der Waals surface area contributed by atoms with Gasteiger partial charge in [-0.15, -0.1) is 0 Å². The van der Waals surface area contributed by atoms with Crippen molar-refractivity contribution in [1.82, 2.24) is 10.3 Å². The van der Waals surface area contributed by atoms with Gasteiger partial charge >= 0.3 is 0 Å². The molecule has 2 N–H and O–H groups in total. The van der Waals surface area contributed by atoms with E-state index in [0.717, 1.165) is 31.2 Å². The van der Waals surface area contributed by atoms with E-state index in [1.54, 1.807) is 37.4 Å². The highest BCUT2D eigenvalue weighted by Gasteiger charge is 2.47. The van der Waals surface area contributed by atoms with Gasteiger partial charge in [-0.05, 0) is 80.1 Å². The lowest BCUT2D eigenvalue weighted by Gasteiger charge is -2.29. The van der Waals surface area contributed by atoms with Crippen LogP contribution in [0.1, 0.15) is 60.1 Å². The Kier molecular flexibility index (Phi) is 6.22. The lowest BCUT2D eigenvalue weighted by Crippen LogP contribution is -2.43. The predicted octanol–water partition coefficient (Wildman–Crippen LogP) is 4.96. The molecule has 2 heterocycles. The number of benzene rings is 2. The maximum absolute atomic E-state index is 13.6. The monoisotopic (exact) mass is 518 g/mol. The normalized spacial score (nSPS) is 19.7. The third kappa shape index (κ3) is 4.69. The number of rotatable bonds is 9. The van der Waals surface area contributed by atoms with Gasteiger partial charge < -0.3 is 24.6 Å². The molecule has 6 rings (SSSR count). The minimum Gasteiger partial charge on any atom is -0.493 e. The van der Waals surface area contributed by atoms with E-state index in [2.05, 4.69) is 12.2 Å². The fourth-order valence-electron chi connectivity index (χ4n) is 4.99. The van der Waals surface area contributed by atoms with Crippen molar-refractivity contribution in [2.24, 2.45) is 5.92 Å². The molecule has 3 aromatic rings. The number of halogens is 1. The van der Waals surface area contributed by atoms with E-state index in [4.69, 9.17) is 19.2 Å². The van der Waals surface area contributed by atoms with E-state index in [0.29, 0.717) is 46.4 Å². The van der Waals surface area contributed by atoms with Crippen molar-refractivity contribution >= 4 is 5.91 Å². The fraction of sp³-hybridized carbons (Fsp3) is 0.400. The summed E-state index contributed by atoms with van der Waals surface area (Å²) >= 11 is 0. The molecule has 0 radical (unpaired) electrons. The van der Waals surface area contributed by atoms with Gasteiger partial charge in [0.25, 0.3) is 5.91 Å². The number of aromatic nitrogens is 1. The van der Waals surface area contributed by atoms with Crippen molar-refractivity contribution in [1.29, 1.82) is 0 Å². The van der Waals surface area contributed by atoms with Gasteiger partial charge in [0.05, 0.1) is 32.1 Å². The van der Waals surface area contributed by atoms with Crippen molar-refractivity contribution in [2.75, 3.05) is 20.3 Å². The number of amides is 1. The van der Waals surface area contributed by atoms with Crippen molar-refractivity contribution in [2.45, 2.75) is 50.2 Å². The van der Waals surface area contributed by atoms with E-state index in [9.17, 15) is 14.3 Å². The highest BCUT2D eigenvalue weighted by Crippen LogP contribution is 2.48. The summed E-state index contributed by atoms with van der Waals surface area (Å²) in [5.41, 5.74) is 1.78. The zero-order valence-corrected chi connectivity index (χ0v) is 21.5. The summed E-state index contributed by atoms with van der Waals surface area (Å²) in [7, 11) is 1.55. The molecule has 0 saturated heterocycles. The van der Waals surface area contributed by atoms with E-state index < -0.39 is 5.60 Å². The topological polar surface area (TPSA) is 89.9 Å². The summed E-state index contributed by atoms with van der Waals surface area (Å²) in [5, 5.41) is 14.9. The van der Waals surface area contributed by atoms with Gasteiger partial charge in [-0.1, -0.05) is 6.92 Å². The predicted molar refractivity (Wildman–Crippen MR) is 139 cm³/mol. The van der Waals surface area contributed by atoms with Crippen LogP contribution in [0.2, 0.25) is 0 Å². The van der Waals surface area contributed by atoms with Crippen LogP contribution in [0.25, 0.3) is 11.3 Å². The number of carbonyl (C=O) groups excluding carboxylic acids is 1. The first-order chi connectivity index (χ1) is 18.4. The minimum absolute atomic E-state index is 0.00300. The SMILES string of the molecule is COc1cc(C(=O)NCC(O)(c2cc3c(c(-c4ccc(F)cc4)n2)OC[C@H]3C)C2CC2)ccc1OC1CC1. The zero-order valence-electron chi connectivity index (χ0n) is 21.5. The van der Waals surface area contributed by atoms with Gasteiger partial charge in [0.2, 0.25) is 0 Å². The largest absolute Gasteiger partial charge is 0.493 e. The molecular formula is C30H31FN2O5. The van der Waals surface area contributed by atoms with Crippen LogP contribution in [-0.4, -0.2) is 42.4 Å². The van der Waals surface area contributed by atoms with Crippen LogP contribution >= 0.6 is 0 Å². The summed E-state index contributed by atoms with van der Waals surface area (Å²) in [5.74, 6) is 1.21. The number of pyridine rings is 1. The molecule has 7 nitrogen and oxygen atoms in total. The van der Waals surface area contributed by atoms with Crippen molar-refractivity contribution in [3.63, 3.8) is 0 Å². The second kappa shape index (κ2) is 9.58. The molecule has 2 aliphatic carbocycles. The lowest BCUT2D eigenvalue weighted by molar-refractivity contribution is 0.00949. The Labute approximate surface area is 221 Å². The van der Waals surface area contributed by atoms with Gasteiger partial charge in [0.1, 0.15) is 22.9 Å². The van der Waals surface area contributed by atoms with E-state index in [1.165, 1.54) is 12.1 Å². The highest BCUT2D eigenvalue weighted by atomic mass is 19.1. The number of nitrogens with one attached hydrogen (secondary N) is 1. The van der Waals surface area contributed by atoms with Crippen LogP contribution in [0, 0.1) is 11.7 Å². The summed E-state index contributed by atoms with van der Waals surface area (Å²) < 4.78 is 30.9. The third-order valence-corrected chi connectivity index (χ3v) is 7.59. The fourth-order valence-corrected chi connectivity index (χ4v) is 4.99. The summed E-state index contributed by atoms with van der Waals surface area (Å²) in [6, 6.07) is 13.1. The Balaban J connectivity index is 1.29. The molecule has 1 aliphatic heterocycles. The Hall–Kier alpha value is -3.65.